The summed E-state index contributed by atoms with van der Waals surface area (Å²) < 4.78 is 5.54. The molecule has 0 aromatic heterocycles. The van der Waals surface area contributed by atoms with Crippen molar-refractivity contribution >= 4 is 49.6 Å². The molecule has 0 amide bonds. The van der Waals surface area contributed by atoms with Gasteiger partial charge in [0.05, 0.1) is 11.2 Å². The van der Waals surface area contributed by atoms with Crippen molar-refractivity contribution < 1.29 is 9.53 Å². The zero-order valence-corrected chi connectivity index (χ0v) is 11.2. The molecule has 0 fully saturated rings. The molecule has 1 aromatic rings. The summed E-state index contributed by atoms with van der Waals surface area (Å²) in [6, 6.07) is 5.59. The number of aldehydes is 1. The van der Waals surface area contributed by atoms with Gasteiger partial charge in [-0.15, -0.1) is 0 Å². The highest BCUT2D eigenvalue weighted by Gasteiger charge is 2.31. The summed E-state index contributed by atoms with van der Waals surface area (Å²) in [5.74, 6) is 0.517. The van der Waals surface area contributed by atoms with Crippen molar-refractivity contribution in [2.24, 2.45) is 0 Å². The minimum atomic E-state index is -0.227. The van der Waals surface area contributed by atoms with Crippen molar-refractivity contribution in [2.75, 3.05) is 6.61 Å². The van der Waals surface area contributed by atoms with Crippen molar-refractivity contribution in [3.05, 3.63) is 23.8 Å². The summed E-state index contributed by atoms with van der Waals surface area (Å²) in [6.07, 6.45) is 0.921. The van der Waals surface area contributed by atoms with Gasteiger partial charge in [-0.1, -0.05) is 0 Å². The van der Waals surface area contributed by atoms with Gasteiger partial charge in [0.1, 0.15) is 18.6 Å². The number of hydrogen-bond donors (Lipinski definition) is 0. The Bertz CT molecular complexity index is 400. The first-order chi connectivity index (χ1) is 7.80. The van der Waals surface area contributed by atoms with E-state index in [4.69, 9.17) is 26.1 Å². The Balaban J connectivity index is 2.41. The first kappa shape index (κ1) is 12.4. The lowest BCUT2D eigenvalue weighted by Gasteiger charge is -2.28. The molecule has 0 bridgehead atoms. The molecule has 2 nitrogen and oxygen atoms in total. The fraction of sp³-hybridized carbons (Fsp3) is 0.300. The average Bonchev–Trinajstić information content (AvgIpc) is 2.36. The molecule has 1 aliphatic rings. The second kappa shape index (κ2) is 5.54. The maximum Gasteiger partial charge on any atom is 0.128 e. The monoisotopic (exact) mass is 294 g/mol. The van der Waals surface area contributed by atoms with E-state index in [1.165, 1.54) is 0 Å². The molecule has 0 radical (unpaired) electrons. The van der Waals surface area contributed by atoms with Gasteiger partial charge in [0.15, 0.2) is 0 Å². The molecular weight excluding hydrogens is 287 g/mol. The number of halogens is 2. The highest BCUT2D eigenvalue weighted by molar-refractivity contribution is 8.21. The van der Waals surface area contributed by atoms with E-state index in [1.54, 1.807) is 0 Å². The Morgan fingerprint density at radius 3 is 2.88 bits per heavy atom. The molecule has 0 aliphatic carbocycles. The molecule has 16 heavy (non-hydrogen) atoms. The van der Waals surface area contributed by atoms with E-state index in [0.29, 0.717) is 6.61 Å². The minimum absolute atomic E-state index is 0.0396. The first-order valence-electron chi connectivity index (χ1n) is 4.58. The van der Waals surface area contributed by atoms with Gasteiger partial charge < -0.3 is 9.53 Å². The molecule has 86 valence electrons. The summed E-state index contributed by atoms with van der Waals surface area (Å²) in [5.41, 5.74) is 0.866. The minimum Gasteiger partial charge on any atom is -0.492 e. The van der Waals surface area contributed by atoms with Gasteiger partial charge in [0.2, 0.25) is 0 Å². The van der Waals surface area contributed by atoms with Crippen LogP contribution in [0.1, 0.15) is 11.5 Å². The number of fused-ring (bicyclic) bond motifs is 1. The van der Waals surface area contributed by atoms with Gasteiger partial charge in [-0.2, -0.15) is 0 Å². The Labute approximate surface area is 111 Å². The molecule has 2 rings (SSSR count). The van der Waals surface area contributed by atoms with Crippen molar-refractivity contribution in [3.8, 4) is 5.75 Å². The zero-order valence-electron chi connectivity index (χ0n) is 8.06. The van der Waals surface area contributed by atoms with E-state index in [1.807, 2.05) is 18.2 Å². The lowest BCUT2D eigenvalue weighted by molar-refractivity contribution is -0.109. The maximum absolute atomic E-state index is 11.1. The molecule has 2 atom stereocenters. The molecule has 6 heteroatoms. The van der Waals surface area contributed by atoms with Crippen LogP contribution in [-0.2, 0) is 4.79 Å². The van der Waals surface area contributed by atoms with Crippen LogP contribution in [0, 0.1) is 0 Å². The largest absolute Gasteiger partial charge is 0.492 e. The molecule has 0 saturated heterocycles. The van der Waals surface area contributed by atoms with Crippen molar-refractivity contribution in [3.63, 3.8) is 0 Å². The van der Waals surface area contributed by atoms with E-state index in [0.717, 1.165) is 44.4 Å². The van der Waals surface area contributed by atoms with Crippen LogP contribution in [0.4, 0.5) is 0 Å². The molecule has 1 aliphatic heterocycles. The van der Waals surface area contributed by atoms with Crippen molar-refractivity contribution in [2.45, 2.75) is 16.1 Å². The van der Waals surface area contributed by atoms with Crippen LogP contribution in [0.2, 0.25) is 0 Å². The number of hydrogen-bond acceptors (Lipinski definition) is 4. The maximum atomic E-state index is 11.1. The second-order valence-electron chi connectivity index (χ2n) is 3.38. The van der Waals surface area contributed by atoms with Crippen LogP contribution in [-0.4, -0.2) is 18.1 Å². The molecule has 0 N–H and O–H groups in total. The van der Waals surface area contributed by atoms with Crippen LogP contribution in [0.5, 0.6) is 5.75 Å². The highest BCUT2D eigenvalue weighted by Crippen LogP contribution is 2.41. The molecule has 0 spiro atoms. The van der Waals surface area contributed by atoms with E-state index in [-0.39, 0.29) is 11.2 Å². The summed E-state index contributed by atoms with van der Waals surface area (Å²) in [4.78, 5) is 12.0. The molecule has 2 unspecified atom stereocenters. The summed E-state index contributed by atoms with van der Waals surface area (Å²) in [6.45, 7) is 0.456. The van der Waals surface area contributed by atoms with Crippen molar-refractivity contribution in [1.29, 1.82) is 0 Å². The number of carbonyl (C=O) groups is 1. The van der Waals surface area contributed by atoms with E-state index >= 15 is 0 Å². The highest BCUT2D eigenvalue weighted by atomic mass is 35.7. The molecular formula is C10H8Cl2O2S2. The van der Waals surface area contributed by atoms with Crippen molar-refractivity contribution in [1.82, 2.24) is 0 Å². The van der Waals surface area contributed by atoms with Crippen LogP contribution < -0.4 is 4.74 Å². The lowest BCUT2D eigenvalue weighted by Crippen LogP contribution is -2.28. The standard InChI is InChI=1S/C10H8Cl2O2S2/c11-15-6-1-2-9-7(3-6)8(4-13)10(16-12)5-14-9/h1-4,8,10H,5H2. The van der Waals surface area contributed by atoms with E-state index < -0.39 is 0 Å². The zero-order chi connectivity index (χ0) is 11.5. The summed E-state index contributed by atoms with van der Waals surface area (Å²) in [5, 5.41) is -0.0396. The van der Waals surface area contributed by atoms with Crippen LogP contribution >= 0.6 is 43.3 Å². The third-order valence-electron chi connectivity index (χ3n) is 2.49. The Hall–Kier alpha value is -0.0300. The predicted molar refractivity (Wildman–Crippen MR) is 69.7 cm³/mol. The molecule has 1 heterocycles. The smallest absolute Gasteiger partial charge is 0.128 e. The number of ether oxygens (including phenoxy) is 1. The number of rotatable bonds is 3. The average molecular weight is 295 g/mol. The first-order valence-corrected chi connectivity index (χ1v) is 7.93. The van der Waals surface area contributed by atoms with Gasteiger partial charge in [-0.05, 0) is 61.5 Å². The Kier molecular flexibility index (Phi) is 4.30. The molecule has 1 aromatic carbocycles. The van der Waals surface area contributed by atoms with Gasteiger partial charge in [0, 0.05) is 10.5 Å². The van der Waals surface area contributed by atoms with E-state index in [2.05, 4.69) is 0 Å². The summed E-state index contributed by atoms with van der Waals surface area (Å²) >= 11 is 0. The van der Waals surface area contributed by atoms with Gasteiger partial charge >= 0.3 is 0 Å². The van der Waals surface area contributed by atoms with Gasteiger partial charge in [0.25, 0.3) is 0 Å². The second-order valence-corrected chi connectivity index (χ2v) is 5.78. The van der Waals surface area contributed by atoms with Crippen LogP contribution in [0.3, 0.4) is 0 Å². The fourth-order valence-electron chi connectivity index (χ4n) is 1.68. The number of benzene rings is 1. The molecule has 0 saturated carbocycles. The topological polar surface area (TPSA) is 26.3 Å². The van der Waals surface area contributed by atoms with Gasteiger partial charge in [-0.3, -0.25) is 0 Å². The quantitative estimate of drug-likeness (QED) is 0.791. The predicted octanol–water partition coefficient (Wildman–Crippen LogP) is 3.86. The third kappa shape index (κ3) is 2.30. The van der Waals surface area contributed by atoms with Gasteiger partial charge in [-0.25, -0.2) is 0 Å². The fourth-order valence-corrected chi connectivity index (χ4v) is 3.19. The third-order valence-corrected chi connectivity index (χ3v) is 4.81. The van der Waals surface area contributed by atoms with Crippen LogP contribution in [0.15, 0.2) is 23.1 Å². The Morgan fingerprint density at radius 2 is 2.25 bits per heavy atom. The number of carbonyl (C=O) groups excluding carboxylic acids is 1. The normalized spacial score (nSPS) is 23.4. The SMILES string of the molecule is O=CC1c2cc(SCl)ccc2OCC1SCl. The Morgan fingerprint density at radius 1 is 1.44 bits per heavy atom. The van der Waals surface area contributed by atoms with Crippen LogP contribution in [0.25, 0.3) is 0 Å². The van der Waals surface area contributed by atoms with E-state index in [9.17, 15) is 4.79 Å². The summed E-state index contributed by atoms with van der Waals surface area (Å²) in [7, 11) is 13.7. The lowest BCUT2D eigenvalue weighted by atomic mass is 9.94.